The fraction of sp³-hybridized carbons (Fsp3) is 0.250. The van der Waals surface area contributed by atoms with Crippen molar-refractivity contribution in [1.82, 2.24) is 14.7 Å². The van der Waals surface area contributed by atoms with Crippen molar-refractivity contribution in [3.8, 4) is 0 Å². The summed E-state index contributed by atoms with van der Waals surface area (Å²) in [5.74, 6) is -0.0887. The molecule has 1 unspecified atom stereocenters. The van der Waals surface area contributed by atoms with E-state index in [-0.39, 0.29) is 4.90 Å². The predicted octanol–water partition coefficient (Wildman–Crippen LogP) is 1.90. The molecule has 1 heterocycles. The highest BCUT2D eigenvalue weighted by Gasteiger charge is 2.21. The highest BCUT2D eigenvalue weighted by molar-refractivity contribution is 7.89. The lowest BCUT2D eigenvalue weighted by molar-refractivity contribution is 0.557. The molecule has 102 valence electrons. The van der Waals surface area contributed by atoms with E-state index in [9.17, 15) is 12.8 Å². The van der Waals surface area contributed by atoms with Gasteiger partial charge in [-0.1, -0.05) is 6.07 Å². The zero-order valence-corrected chi connectivity index (χ0v) is 11.3. The Hall–Kier alpha value is -1.73. The van der Waals surface area contributed by atoms with Crippen LogP contribution in [-0.2, 0) is 10.0 Å². The van der Waals surface area contributed by atoms with Crippen molar-refractivity contribution >= 4 is 10.0 Å². The number of aryl methyl sites for hydroxylation is 1. The molecule has 2 rings (SSSR count). The molecule has 0 aliphatic carbocycles. The van der Waals surface area contributed by atoms with E-state index in [0.717, 1.165) is 6.07 Å². The summed E-state index contributed by atoms with van der Waals surface area (Å²) in [5.41, 5.74) is 0.487. The smallest absolute Gasteiger partial charge is 0.241 e. The van der Waals surface area contributed by atoms with E-state index in [1.807, 2.05) is 0 Å². The van der Waals surface area contributed by atoms with Crippen LogP contribution in [-0.4, -0.2) is 18.4 Å². The summed E-state index contributed by atoms with van der Waals surface area (Å²) in [6.45, 7) is 3.27. The number of H-pyrrole nitrogens is 1. The normalized spacial score (nSPS) is 13.4. The van der Waals surface area contributed by atoms with Crippen molar-refractivity contribution in [2.24, 2.45) is 0 Å². The molecule has 0 amide bonds. The van der Waals surface area contributed by atoms with Crippen LogP contribution >= 0.6 is 0 Å². The number of nitrogens with one attached hydrogen (secondary N) is 2. The van der Waals surface area contributed by atoms with Gasteiger partial charge in [-0.25, -0.2) is 22.5 Å². The molecule has 1 aromatic heterocycles. The standard InChI is InChI=1S/C12H14FN3O2S/c1-8-3-4-10(13)7-11(8)19(17,18)16-9(2)12-14-5-6-15-12/h3-7,9,16H,1-2H3,(H,14,15). The molecule has 0 radical (unpaired) electrons. The highest BCUT2D eigenvalue weighted by atomic mass is 32.2. The second-order valence-corrected chi connectivity index (χ2v) is 5.91. The van der Waals surface area contributed by atoms with Gasteiger partial charge in [-0.15, -0.1) is 0 Å². The molecule has 19 heavy (non-hydrogen) atoms. The van der Waals surface area contributed by atoms with Crippen molar-refractivity contribution in [2.75, 3.05) is 0 Å². The lowest BCUT2D eigenvalue weighted by Gasteiger charge is -2.13. The molecular formula is C12H14FN3O2S. The van der Waals surface area contributed by atoms with Crippen LogP contribution in [0.15, 0.2) is 35.5 Å². The van der Waals surface area contributed by atoms with Gasteiger partial charge in [0.1, 0.15) is 11.6 Å². The minimum Gasteiger partial charge on any atom is -0.347 e. The maximum atomic E-state index is 13.2. The van der Waals surface area contributed by atoms with E-state index in [1.54, 1.807) is 20.0 Å². The third-order valence-electron chi connectivity index (χ3n) is 2.70. The number of hydrogen-bond donors (Lipinski definition) is 2. The zero-order valence-electron chi connectivity index (χ0n) is 10.5. The molecular weight excluding hydrogens is 269 g/mol. The Labute approximate surface area is 110 Å². The summed E-state index contributed by atoms with van der Waals surface area (Å²) in [7, 11) is -3.79. The Balaban J connectivity index is 2.30. The summed E-state index contributed by atoms with van der Waals surface area (Å²) in [6.07, 6.45) is 3.14. The largest absolute Gasteiger partial charge is 0.347 e. The first-order valence-electron chi connectivity index (χ1n) is 5.68. The van der Waals surface area contributed by atoms with Crippen LogP contribution in [0, 0.1) is 12.7 Å². The van der Waals surface area contributed by atoms with Crippen molar-refractivity contribution in [3.05, 3.63) is 47.8 Å². The minimum absolute atomic E-state index is 0.0640. The van der Waals surface area contributed by atoms with Gasteiger partial charge in [0.25, 0.3) is 0 Å². The molecule has 1 atom stereocenters. The van der Waals surface area contributed by atoms with E-state index < -0.39 is 21.9 Å². The first kappa shape index (κ1) is 13.7. The quantitative estimate of drug-likeness (QED) is 0.900. The van der Waals surface area contributed by atoms with Crippen molar-refractivity contribution < 1.29 is 12.8 Å². The first-order valence-corrected chi connectivity index (χ1v) is 7.16. The number of rotatable bonds is 4. The molecule has 7 heteroatoms. The lowest BCUT2D eigenvalue weighted by Crippen LogP contribution is -2.28. The fourth-order valence-electron chi connectivity index (χ4n) is 1.73. The maximum absolute atomic E-state index is 13.2. The van der Waals surface area contributed by atoms with Gasteiger partial charge in [-0.05, 0) is 31.5 Å². The molecule has 0 aliphatic heterocycles. The van der Waals surface area contributed by atoms with Gasteiger partial charge in [0, 0.05) is 12.4 Å². The average Bonchev–Trinajstić information content (AvgIpc) is 2.85. The van der Waals surface area contributed by atoms with Gasteiger partial charge in [-0.2, -0.15) is 0 Å². The molecule has 2 N–H and O–H groups in total. The molecule has 0 saturated heterocycles. The lowest BCUT2D eigenvalue weighted by atomic mass is 10.2. The fourth-order valence-corrected chi connectivity index (χ4v) is 3.19. The summed E-state index contributed by atoms with van der Waals surface area (Å²) < 4.78 is 40.0. The van der Waals surface area contributed by atoms with Gasteiger partial charge < -0.3 is 4.98 Å². The third-order valence-corrected chi connectivity index (χ3v) is 4.38. The van der Waals surface area contributed by atoms with Crippen LogP contribution in [0.5, 0.6) is 0 Å². The number of benzene rings is 1. The topological polar surface area (TPSA) is 74.8 Å². The van der Waals surface area contributed by atoms with Crippen LogP contribution < -0.4 is 4.72 Å². The molecule has 0 saturated carbocycles. The van der Waals surface area contributed by atoms with E-state index >= 15 is 0 Å². The highest BCUT2D eigenvalue weighted by Crippen LogP contribution is 2.18. The number of hydrogen-bond acceptors (Lipinski definition) is 3. The van der Waals surface area contributed by atoms with Gasteiger partial charge in [0.2, 0.25) is 10.0 Å². The number of aromatic nitrogens is 2. The molecule has 1 aromatic carbocycles. The molecule has 0 aliphatic rings. The summed E-state index contributed by atoms with van der Waals surface area (Å²) in [6, 6.07) is 3.14. The number of sulfonamides is 1. The van der Waals surface area contributed by atoms with Crippen LogP contribution in [0.25, 0.3) is 0 Å². The number of aromatic amines is 1. The van der Waals surface area contributed by atoms with Gasteiger partial charge >= 0.3 is 0 Å². The van der Waals surface area contributed by atoms with Gasteiger partial charge in [0.15, 0.2) is 0 Å². The third kappa shape index (κ3) is 2.99. The van der Waals surface area contributed by atoms with Crippen molar-refractivity contribution in [2.45, 2.75) is 24.8 Å². The minimum atomic E-state index is -3.79. The Morgan fingerprint density at radius 1 is 1.42 bits per heavy atom. The zero-order chi connectivity index (χ0) is 14.0. The average molecular weight is 283 g/mol. The van der Waals surface area contributed by atoms with Gasteiger partial charge in [0.05, 0.1) is 10.9 Å². The summed E-state index contributed by atoms with van der Waals surface area (Å²) in [5, 5.41) is 0. The van der Waals surface area contributed by atoms with Crippen LogP contribution in [0.4, 0.5) is 4.39 Å². The molecule has 2 aromatic rings. The van der Waals surface area contributed by atoms with Crippen LogP contribution in [0.1, 0.15) is 24.4 Å². The van der Waals surface area contributed by atoms with Crippen LogP contribution in [0.3, 0.4) is 0 Å². The van der Waals surface area contributed by atoms with Crippen molar-refractivity contribution in [1.29, 1.82) is 0 Å². The van der Waals surface area contributed by atoms with E-state index in [1.165, 1.54) is 18.3 Å². The molecule has 5 nitrogen and oxygen atoms in total. The van der Waals surface area contributed by atoms with Gasteiger partial charge in [-0.3, -0.25) is 0 Å². The number of imidazole rings is 1. The molecule has 0 bridgehead atoms. The monoisotopic (exact) mass is 283 g/mol. The van der Waals surface area contributed by atoms with E-state index in [4.69, 9.17) is 0 Å². The summed E-state index contributed by atoms with van der Waals surface area (Å²) >= 11 is 0. The second kappa shape index (κ2) is 5.10. The molecule has 0 fully saturated rings. The maximum Gasteiger partial charge on any atom is 0.241 e. The SMILES string of the molecule is Cc1ccc(F)cc1S(=O)(=O)NC(C)c1ncc[nH]1. The first-order chi connectivity index (χ1) is 8.90. The second-order valence-electron chi connectivity index (χ2n) is 4.23. The van der Waals surface area contributed by atoms with E-state index in [0.29, 0.717) is 11.4 Å². The Morgan fingerprint density at radius 3 is 2.79 bits per heavy atom. The Morgan fingerprint density at radius 2 is 2.16 bits per heavy atom. The summed E-state index contributed by atoms with van der Waals surface area (Å²) in [4.78, 5) is 6.74. The van der Waals surface area contributed by atoms with E-state index in [2.05, 4.69) is 14.7 Å². The Bertz CT molecular complexity index is 668. The molecule has 0 spiro atoms. The Kier molecular flexibility index (Phi) is 3.68. The number of halogens is 1. The predicted molar refractivity (Wildman–Crippen MR) is 68.5 cm³/mol. The van der Waals surface area contributed by atoms with Crippen LogP contribution in [0.2, 0.25) is 0 Å². The number of nitrogens with zero attached hydrogens (tertiary/aromatic N) is 1. The van der Waals surface area contributed by atoms with Crippen molar-refractivity contribution in [3.63, 3.8) is 0 Å².